The SMILES string of the molecule is CC(C)(C)[Si](c1ccccc1)(c1ccccc1)[C@@H]1O[C@H]1/C=C\c1ccccc1. The van der Waals surface area contributed by atoms with Crippen molar-refractivity contribution in [3.63, 3.8) is 0 Å². The van der Waals surface area contributed by atoms with E-state index < -0.39 is 8.07 Å². The highest BCUT2D eigenvalue weighted by atomic mass is 28.3. The maximum absolute atomic E-state index is 6.41. The zero-order chi connectivity index (χ0) is 19.6. The first-order valence-electron chi connectivity index (χ1n) is 10.0. The molecule has 0 amide bonds. The summed E-state index contributed by atoms with van der Waals surface area (Å²) in [5.74, 6) is 0. The van der Waals surface area contributed by atoms with Crippen molar-refractivity contribution in [2.24, 2.45) is 0 Å². The molecule has 28 heavy (non-hydrogen) atoms. The zero-order valence-corrected chi connectivity index (χ0v) is 17.9. The van der Waals surface area contributed by atoms with E-state index in [9.17, 15) is 0 Å². The second-order valence-electron chi connectivity index (χ2n) is 8.58. The van der Waals surface area contributed by atoms with Gasteiger partial charge in [0.2, 0.25) is 0 Å². The Morgan fingerprint density at radius 1 is 0.714 bits per heavy atom. The first kappa shape index (κ1) is 18.9. The van der Waals surface area contributed by atoms with Gasteiger partial charge in [-0.25, -0.2) is 0 Å². The molecule has 2 atom stereocenters. The molecule has 0 aromatic heterocycles. The molecular weight excluding hydrogens is 356 g/mol. The summed E-state index contributed by atoms with van der Waals surface area (Å²) >= 11 is 0. The Kier molecular flexibility index (Phi) is 5.09. The Morgan fingerprint density at radius 2 is 1.18 bits per heavy atom. The standard InChI is InChI=1S/C26H28OSi/c1-26(2,3)28(22-15-9-5-10-16-22,23-17-11-6-12-18-23)25-24(27-25)20-19-21-13-7-4-8-14-21/h4-20,24-25H,1-3H3/b20-19-/t24-,25-/m0/s1. The summed E-state index contributed by atoms with van der Waals surface area (Å²) in [6.07, 6.45) is 4.62. The summed E-state index contributed by atoms with van der Waals surface area (Å²) in [4.78, 5) is 0. The first-order chi connectivity index (χ1) is 13.5. The topological polar surface area (TPSA) is 12.5 Å². The highest BCUT2D eigenvalue weighted by molar-refractivity contribution is 7.05. The van der Waals surface area contributed by atoms with Crippen molar-refractivity contribution < 1.29 is 4.74 Å². The number of rotatable bonds is 5. The predicted octanol–water partition coefficient (Wildman–Crippen LogP) is 5.07. The second kappa shape index (κ2) is 7.54. The number of ether oxygens (including phenoxy) is 1. The fourth-order valence-electron chi connectivity index (χ4n) is 4.58. The average Bonchev–Trinajstić information content (AvgIpc) is 3.48. The van der Waals surface area contributed by atoms with E-state index in [4.69, 9.17) is 4.74 Å². The molecule has 3 aromatic carbocycles. The third-order valence-electron chi connectivity index (χ3n) is 5.87. The fourth-order valence-corrected chi connectivity index (χ4v) is 10.6. The average molecular weight is 385 g/mol. The van der Waals surface area contributed by atoms with E-state index in [0.29, 0.717) is 0 Å². The van der Waals surface area contributed by atoms with E-state index in [1.54, 1.807) is 0 Å². The molecular formula is C26H28OSi. The summed E-state index contributed by atoms with van der Waals surface area (Å²) in [6.45, 7) is 7.16. The van der Waals surface area contributed by atoms with Gasteiger partial charge in [-0.15, -0.1) is 0 Å². The summed E-state index contributed by atoms with van der Waals surface area (Å²) in [6, 6.07) is 32.6. The zero-order valence-electron chi connectivity index (χ0n) is 16.9. The monoisotopic (exact) mass is 384 g/mol. The molecule has 0 spiro atoms. The van der Waals surface area contributed by atoms with Crippen molar-refractivity contribution in [2.45, 2.75) is 37.6 Å². The summed E-state index contributed by atoms with van der Waals surface area (Å²) in [5.41, 5.74) is 1.47. The lowest BCUT2D eigenvalue weighted by molar-refractivity contribution is 0.419. The molecule has 1 aliphatic heterocycles. The fraction of sp³-hybridized carbons (Fsp3) is 0.231. The molecule has 1 heterocycles. The van der Waals surface area contributed by atoms with Gasteiger partial charge in [0, 0.05) is 0 Å². The van der Waals surface area contributed by atoms with Gasteiger partial charge < -0.3 is 4.74 Å². The van der Waals surface area contributed by atoms with Crippen LogP contribution in [0.25, 0.3) is 6.08 Å². The molecule has 1 saturated heterocycles. The molecule has 0 bridgehead atoms. The van der Waals surface area contributed by atoms with Gasteiger partial charge in [0.1, 0.15) is 6.10 Å². The van der Waals surface area contributed by atoms with Crippen molar-refractivity contribution in [3.05, 3.63) is 103 Å². The minimum absolute atomic E-state index is 0.121. The Morgan fingerprint density at radius 3 is 1.64 bits per heavy atom. The Bertz CT molecular complexity index is 887. The van der Waals surface area contributed by atoms with Gasteiger partial charge in [-0.1, -0.05) is 134 Å². The van der Waals surface area contributed by atoms with Gasteiger partial charge in [0.05, 0.1) is 5.73 Å². The van der Waals surface area contributed by atoms with Gasteiger partial charge in [0.25, 0.3) is 0 Å². The normalized spacial score (nSPS) is 19.7. The number of hydrogen-bond acceptors (Lipinski definition) is 1. The molecule has 0 aliphatic carbocycles. The summed E-state index contributed by atoms with van der Waals surface area (Å²) in [5, 5.41) is 3.03. The molecule has 1 nitrogen and oxygen atoms in total. The summed E-state index contributed by atoms with van der Waals surface area (Å²) < 4.78 is 6.41. The van der Waals surface area contributed by atoms with Crippen molar-refractivity contribution in [1.82, 2.24) is 0 Å². The molecule has 2 heteroatoms. The third kappa shape index (κ3) is 3.39. The van der Waals surface area contributed by atoms with E-state index in [1.807, 2.05) is 0 Å². The highest BCUT2D eigenvalue weighted by Crippen LogP contribution is 2.46. The van der Waals surface area contributed by atoms with Crippen molar-refractivity contribution in [2.75, 3.05) is 0 Å². The lowest BCUT2D eigenvalue weighted by Gasteiger charge is -2.43. The number of benzene rings is 3. The largest absolute Gasteiger partial charge is 0.368 e. The molecule has 0 radical (unpaired) electrons. The van der Waals surface area contributed by atoms with E-state index in [-0.39, 0.29) is 16.9 Å². The quantitative estimate of drug-likeness (QED) is 0.442. The van der Waals surface area contributed by atoms with Crippen LogP contribution in [0, 0.1) is 0 Å². The van der Waals surface area contributed by atoms with Crippen LogP contribution in [0.2, 0.25) is 5.04 Å². The maximum atomic E-state index is 6.41. The molecule has 0 saturated carbocycles. The smallest absolute Gasteiger partial charge is 0.157 e. The molecule has 0 unspecified atom stereocenters. The van der Waals surface area contributed by atoms with Crippen LogP contribution >= 0.6 is 0 Å². The van der Waals surface area contributed by atoms with Crippen LogP contribution in [0.4, 0.5) is 0 Å². The second-order valence-corrected chi connectivity index (χ2v) is 13.4. The Hall–Kier alpha value is -2.42. The minimum Gasteiger partial charge on any atom is -0.368 e. The van der Waals surface area contributed by atoms with E-state index >= 15 is 0 Å². The van der Waals surface area contributed by atoms with Crippen LogP contribution < -0.4 is 10.4 Å². The van der Waals surface area contributed by atoms with Crippen molar-refractivity contribution >= 4 is 24.5 Å². The van der Waals surface area contributed by atoms with Gasteiger partial charge in [-0.05, 0) is 10.6 Å². The lowest BCUT2D eigenvalue weighted by atomic mass is 10.2. The van der Waals surface area contributed by atoms with Crippen LogP contribution in [0.1, 0.15) is 26.3 Å². The molecule has 1 fully saturated rings. The first-order valence-corrected chi connectivity index (χ1v) is 12.1. The molecule has 4 rings (SSSR count). The Labute approximate surface area is 169 Å². The minimum atomic E-state index is -2.19. The van der Waals surface area contributed by atoms with Crippen LogP contribution in [-0.2, 0) is 4.74 Å². The van der Waals surface area contributed by atoms with Crippen LogP contribution in [-0.4, -0.2) is 19.9 Å². The van der Waals surface area contributed by atoms with E-state index in [0.717, 1.165) is 0 Å². The molecule has 0 N–H and O–H groups in total. The van der Waals surface area contributed by atoms with Gasteiger partial charge >= 0.3 is 0 Å². The predicted molar refractivity (Wildman–Crippen MR) is 122 cm³/mol. The van der Waals surface area contributed by atoms with Gasteiger partial charge in [-0.3, -0.25) is 0 Å². The molecule has 3 aromatic rings. The maximum Gasteiger partial charge on any atom is 0.157 e. The number of epoxide rings is 1. The highest BCUT2D eigenvalue weighted by Gasteiger charge is 2.62. The van der Waals surface area contributed by atoms with E-state index in [1.165, 1.54) is 15.9 Å². The third-order valence-corrected chi connectivity index (χ3v) is 12.0. The lowest BCUT2D eigenvalue weighted by Crippen LogP contribution is -2.69. The number of hydrogen-bond donors (Lipinski definition) is 0. The Balaban J connectivity index is 1.78. The van der Waals surface area contributed by atoms with Gasteiger partial charge in [0.15, 0.2) is 8.07 Å². The molecule has 1 aliphatic rings. The van der Waals surface area contributed by atoms with Crippen LogP contribution in [0.15, 0.2) is 97.1 Å². The van der Waals surface area contributed by atoms with Crippen LogP contribution in [0.3, 0.4) is 0 Å². The van der Waals surface area contributed by atoms with E-state index in [2.05, 4.69) is 124 Å². The van der Waals surface area contributed by atoms with Crippen molar-refractivity contribution in [3.8, 4) is 0 Å². The molecule has 142 valence electrons. The van der Waals surface area contributed by atoms with Crippen LogP contribution in [0.5, 0.6) is 0 Å². The van der Waals surface area contributed by atoms with Gasteiger partial charge in [-0.2, -0.15) is 0 Å². The summed E-state index contributed by atoms with van der Waals surface area (Å²) in [7, 11) is -2.19. The van der Waals surface area contributed by atoms with Crippen molar-refractivity contribution in [1.29, 1.82) is 0 Å².